The molecule has 1 aromatic rings. The van der Waals surface area contributed by atoms with Gasteiger partial charge in [0, 0.05) is 12.1 Å². The lowest BCUT2D eigenvalue weighted by atomic mass is 10.2. The third kappa shape index (κ3) is 1.04. The van der Waals surface area contributed by atoms with Crippen LogP contribution in [0.4, 0.5) is 0 Å². The van der Waals surface area contributed by atoms with Gasteiger partial charge in [0.05, 0.1) is 12.7 Å². The van der Waals surface area contributed by atoms with E-state index in [9.17, 15) is 9.59 Å². The number of nitrogens with zero attached hydrogens (tertiary/aromatic N) is 1. The van der Waals surface area contributed by atoms with Crippen molar-refractivity contribution in [1.29, 1.82) is 0 Å². The van der Waals surface area contributed by atoms with Crippen LogP contribution in [0.2, 0.25) is 0 Å². The summed E-state index contributed by atoms with van der Waals surface area (Å²) in [4.78, 5) is 22.4. The molecule has 0 radical (unpaired) electrons. The van der Waals surface area contributed by atoms with E-state index in [0.29, 0.717) is 18.4 Å². The Morgan fingerprint density at radius 1 is 1.54 bits per heavy atom. The van der Waals surface area contributed by atoms with Crippen molar-refractivity contribution in [2.24, 2.45) is 0 Å². The maximum absolute atomic E-state index is 11.3. The van der Waals surface area contributed by atoms with Gasteiger partial charge in [0.15, 0.2) is 11.5 Å². The highest BCUT2D eigenvalue weighted by atomic mass is 16.5. The fourth-order valence-electron chi connectivity index (χ4n) is 1.47. The quantitative estimate of drug-likeness (QED) is 0.632. The highest BCUT2D eigenvalue weighted by molar-refractivity contribution is 6.08. The number of fused-ring (bicyclic) bond motifs is 1. The molecular weight excluding hydrogens is 172 g/mol. The Labute approximate surface area is 74.1 Å². The van der Waals surface area contributed by atoms with Gasteiger partial charge in [-0.1, -0.05) is 0 Å². The van der Waals surface area contributed by atoms with E-state index in [-0.39, 0.29) is 11.5 Å². The monoisotopic (exact) mass is 180 g/mol. The number of H-pyrrole nitrogens is 1. The Bertz CT molecular complexity index is 381. The van der Waals surface area contributed by atoms with Gasteiger partial charge in [-0.25, -0.2) is 4.79 Å². The van der Waals surface area contributed by atoms with Gasteiger partial charge in [-0.3, -0.25) is 9.89 Å². The Balaban J connectivity index is 2.49. The van der Waals surface area contributed by atoms with Crippen molar-refractivity contribution in [1.82, 2.24) is 10.2 Å². The minimum absolute atomic E-state index is 0.0378. The second-order valence-electron chi connectivity index (χ2n) is 2.84. The van der Waals surface area contributed by atoms with Crippen LogP contribution in [0, 0.1) is 0 Å². The van der Waals surface area contributed by atoms with Crippen molar-refractivity contribution in [2.75, 3.05) is 7.11 Å². The van der Waals surface area contributed by atoms with Gasteiger partial charge in [0.2, 0.25) is 0 Å². The number of hydrogen-bond donors (Lipinski definition) is 1. The minimum atomic E-state index is -0.562. The molecular formula is C8H8N2O3. The number of aryl methyl sites for hydroxylation is 1. The third-order valence-corrected chi connectivity index (χ3v) is 2.10. The molecule has 1 aromatic heterocycles. The van der Waals surface area contributed by atoms with Crippen LogP contribution < -0.4 is 0 Å². The molecule has 1 aliphatic rings. The largest absolute Gasteiger partial charge is 0.464 e. The number of methoxy groups -OCH3 is 1. The van der Waals surface area contributed by atoms with Crippen molar-refractivity contribution in [3.63, 3.8) is 0 Å². The van der Waals surface area contributed by atoms with Crippen LogP contribution in [-0.2, 0) is 11.2 Å². The van der Waals surface area contributed by atoms with Crippen molar-refractivity contribution in [3.05, 3.63) is 17.0 Å². The number of aromatic nitrogens is 2. The minimum Gasteiger partial charge on any atom is -0.464 e. The molecule has 0 bridgehead atoms. The lowest BCUT2D eigenvalue weighted by molar-refractivity contribution is 0.0590. The van der Waals surface area contributed by atoms with Gasteiger partial charge < -0.3 is 4.74 Å². The number of esters is 1. The number of ether oxygens (including phenoxy) is 1. The fourth-order valence-corrected chi connectivity index (χ4v) is 1.47. The molecule has 1 heterocycles. The molecule has 5 nitrogen and oxygen atoms in total. The van der Waals surface area contributed by atoms with E-state index in [4.69, 9.17) is 0 Å². The van der Waals surface area contributed by atoms with E-state index >= 15 is 0 Å². The maximum Gasteiger partial charge on any atom is 0.359 e. The zero-order chi connectivity index (χ0) is 9.42. The van der Waals surface area contributed by atoms with Crippen molar-refractivity contribution in [3.8, 4) is 0 Å². The number of hydrogen-bond acceptors (Lipinski definition) is 4. The SMILES string of the molecule is COC(=O)c1n[nH]c2c1C(=O)CC2. The first-order valence-corrected chi connectivity index (χ1v) is 3.92. The normalized spacial score (nSPS) is 14.4. The molecule has 2 rings (SSSR count). The van der Waals surface area contributed by atoms with Crippen LogP contribution >= 0.6 is 0 Å². The van der Waals surface area contributed by atoms with E-state index in [0.717, 1.165) is 5.69 Å². The molecule has 0 spiro atoms. The maximum atomic E-state index is 11.3. The number of Topliss-reactive ketones (excluding diaryl/α,β-unsaturated/α-hetero) is 1. The number of nitrogens with one attached hydrogen (secondary N) is 1. The summed E-state index contributed by atoms with van der Waals surface area (Å²) >= 11 is 0. The zero-order valence-corrected chi connectivity index (χ0v) is 7.09. The van der Waals surface area contributed by atoms with Gasteiger partial charge >= 0.3 is 5.97 Å². The first-order valence-electron chi connectivity index (χ1n) is 3.92. The van der Waals surface area contributed by atoms with Crippen LogP contribution in [0.15, 0.2) is 0 Å². The summed E-state index contributed by atoms with van der Waals surface area (Å²) in [5.74, 6) is -0.600. The number of rotatable bonds is 1. The zero-order valence-electron chi connectivity index (χ0n) is 7.09. The lowest BCUT2D eigenvalue weighted by Gasteiger charge is -1.94. The van der Waals surface area contributed by atoms with Crippen molar-refractivity contribution in [2.45, 2.75) is 12.8 Å². The molecule has 13 heavy (non-hydrogen) atoms. The Hall–Kier alpha value is -1.65. The summed E-state index contributed by atoms with van der Waals surface area (Å²) in [6, 6.07) is 0. The topological polar surface area (TPSA) is 72.0 Å². The molecule has 0 saturated heterocycles. The molecule has 68 valence electrons. The summed E-state index contributed by atoms with van der Waals surface area (Å²) in [6.45, 7) is 0. The second-order valence-corrected chi connectivity index (χ2v) is 2.84. The van der Waals surface area contributed by atoms with Crippen LogP contribution in [0.25, 0.3) is 0 Å². The molecule has 1 N–H and O–H groups in total. The van der Waals surface area contributed by atoms with Crippen LogP contribution in [0.3, 0.4) is 0 Å². The lowest BCUT2D eigenvalue weighted by Crippen LogP contribution is -2.07. The third-order valence-electron chi connectivity index (χ3n) is 2.10. The van der Waals surface area contributed by atoms with E-state index in [1.807, 2.05) is 0 Å². The molecule has 1 aliphatic carbocycles. The van der Waals surface area contributed by atoms with E-state index < -0.39 is 5.97 Å². The second kappa shape index (κ2) is 2.69. The number of ketones is 1. The number of carbonyl (C=O) groups excluding carboxylic acids is 2. The number of aromatic amines is 1. The predicted molar refractivity (Wildman–Crippen MR) is 42.6 cm³/mol. The summed E-state index contributed by atoms with van der Waals surface area (Å²) in [5, 5.41) is 6.40. The van der Waals surface area contributed by atoms with Crippen LogP contribution in [0.1, 0.15) is 33.0 Å². The van der Waals surface area contributed by atoms with Crippen molar-refractivity contribution < 1.29 is 14.3 Å². The highest BCUT2D eigenvalue weighted by Gasteiger charge is 2.29. The summed E-state index contributed by atoms with van der Waals surface area (Å²) in [6.07, 6.45) is 1.09. The predicted octanol–water partition coefficient (Wildman–Crippen LogP) is 0.325. The molecule has 0 amide bonds. The smallest absolute Gasteiger partial charge is 0.359 e. The van der Waals surface area contributed by atoms with Gasteiger partial charge in [0.25, 0.3) is 0 Å². The van der Waals surface area contributed by atoms with Gasteiger partial charge in [-0.05, 0) is 6.42 Å². The fraction of sp³-hybridized carbons (Fsp3) is 0.375. The molecule has 0 aromatic carbocycles. The van der Waals surface area contributed by atoms with Gasteiger partial charge in [-0.15, -0.1) is 0 Å². The molecule has 0 saturated carbocycles. The van der Waals surface area contributed by atoms with Gasteiger partial charge in [-0.2, -0.15) is 5.10 Å². The molecule has 0 atom stereocenters. The summed E-state index contributed by atoms with van der Waals surface area (Å²) in [5.41, 5.74) is 1.26. The van der Waals surface area contributed by atoms with E-state index in [1.165, 1.54) is 7.11 Å². The first kappa shape index (κ1) is 7.97. The highest BCUT2D eigenvalue weighted by Crippen LogP contribution is 2.22. The van der Waals surface area contributed by atoms with Crippen LogP contribution in [-0.4, -0.2) is 29.1 Å². The van der Waals surface area contributed by atoms with Gasteiger partial charge in [0.1, 0.15) is 0 Å². The summed E-state index contributed by atoms with van der Waals surface area (Å²) < 4.78 is 4.49. The van der Waals surface area contributed by atoms with Crippen LogP contribution in [0.5, 0.6) is 0 Å². The molecule has 5 heteroatoms. The summed E-state index contributed by atoms with van der Waals surface area (Å²) in [7, 11) is 1.27. The van der Waals surface area contributed by atoms with E-state index in [2.05, 4.69) is 14.9 Å². The Morgan fingerprint density at radius 2 is 2.31 bits per heavy atom. The van der Waals surface area contributed by atoms with Crippen molar-refractivity contribution >= 4 is 11.8 Å². The molecule has 0 aliphatic heterocycles. The standard InChI is InChI=1S/C8H8N2O3/c1-13-8(12)7-6-4(9-10-7)2-3-5(6)11/h2-3H2,1H3,(H,9,10). The molecule has 0 unspecified atom stereocenters. The first-order chi connectivity index (χ1) is 6.24. The number of carbonyl (C=O) groups is 2. The van der Waals surface area contributed by atoms with E-state index in [1.54, 1.807) is 0 Å². The Kier molecular flexibility index (Phi) is 1.65. The average Bonchev–Trinajstić information content (AvgIpc) is 2.68. The average molecular weight is 180 g/mol. The molecule has 0 fully saturated rings. The Morgan fingerprint density at radius 3 is 3.00 bits per heavy atom.